The summed E-state index contributed by atoms with van der Waals surface area (Å²) in [4.78, 5) is 19.8. The summed E-state index contributed by atoms with van der Waals surface area (Å²) in [6.45, 7) is 5.69. The topological polar surface area (TPSA) is 84.2 Å². The van der Waals surface area contributed by atoms with Crippen molar-refractivity contribution in [3.8, 4) is 0 Å². The van der Waals surface area contributed by atoms with Gasteiger partial charge in [0.15, 0.2) is 0 Å². The van der Waals surface area contributed by atoms with E-state index >= 15 is 8.78 Å². The molecule has 2 aromatic heterocycles. The summed E-state index contributed by atoms with van der Waals surface area (Å²) in [5, 5.41) is 11.8. The molecule has 0 radical (unpaired) electrons. The molecule has 0 bridgehead atoms. The molecule has 0 aliphatic carbocycles. The van der Waals surface area contributed by atoms with Crippen molar-refractivity contribution in [1.82, 2.24) is 25.4 Å². The summed E-state index contributed by atoms with van der Waals surface area (Å²) < 4.78 is 35.7. The van der Waals surface area contributed by atoms with Gasteiger partial charge in [0.2, 0.25) is 5.89 Å². The molecule has 0 saturated carbocycles. The minimum atomic E-state index is -3.55. The zero-order valence-corrected chi connectivity index (χ0v) is 20.0. The first kappa shape index (κ1) is 22.6. The van der Waals surface area contributed by atoms with Gasteiger partial charge in [-0.05, 0) is 26.0 Å². The lowest BCUT2D eigenvalue weighted by atomic mass is 9.73. The predicted octanol–water partition coefficient (Wildman–Crippen LogP) is 4.42. The monoisotopic (exact) mass is 513 g/mol. The quantitative estimate of drug-likeness (QED) is 0.555. The minimum absolute atomic E-state index is 0.00613. The average molecular weight is 514 g/mol. The third-order valence-corrected chi connectivity index (χ3v) is 8.08. The number of halogens is 4. The molecular weight excluding hydrogens is 495 g/mol. The number of benzene rings is 1. The van der Waals surface area contributed by atoms with Crippen LogP contribution in [0, 0.1) is 19.3 Å². The van der Waals surface area contributed by atoms with Crippen molar-refractivity contribution in [3.63, 3.8) is 0 Å². The number of amides is 1. The van der Waals surface area contributed by atoms with E-state index in [4.69, 9.17) is 27.6 Å². The van der Waals surface area contributed by atoms with E-state index in [1.165, 1.54) is 23.5 Å². The Morgan fingerprint density at radius 1 is 1.27 bits per heavy atom. The summed E-state index contributed by atoms with van der Waals surface area (Å²) in [6.07, 6.45) is 0. The van der Waals surface area contributed by atoms with Gasteiger partial charge in [-0.3, -0.25) is 4.79 Å². The molecule has 1 amide bonds. The highest BCUT2D eigenvalue weighted by Gasteiger charge is 2.55. The van der Waals surface area contributed by atoms with Crippen molar-refractivity contribution < 1.29 is 18.0 Å². The van der Waals surface area contributed by atoms with Crippen LogP contribution in [0.2, 0.25) is 10.0 Å². The molecule has 3 aromatic rings. The first-order valence-corrected chi connectivity index (χ1v) is 11.8. The molecule has 33 heavy (non-hydrogen) atoms. The van der Waals surface area contributed by atoms with E-state index in [0.717, 1.165) is 11.1 Å². The van der Waals surface area contributed by atoms with Crippen molar-refractivity contribution in [1.29, 1.82) is 0 Å². The fourth-order valence-electron chi connectivity index (χ4n) is 4.46. The summed E-state index contributed by atoms with van der Waals surface area (Å²) >= 11 is 13.1. The van der Waals surface area contributed by atoms with Gasteiger partial charge in [0.05, 0.1) is 26.7 Å². The second kappa shape index (κ2) is 7.97. The Bertz CT molecular complexity index is 1240. The second-order valence-corrected chi connectivity index (χ2v) is 10.5. The highest BCUT2D eigenvalue weighted by Crippen LogP contribution is 2.47. The Balaban J connectivity index is 1.43. The number of carbonyl (C=O) groups is 1. The van der Waals surface area contributed by atoms with Crippen LogP contribution in [0.15, 0.2) is 22.6 Å². The number of carbonyl (C=O) groups excluding carboxylic acids is 1. The number of rotatable bonds is 4. The van der Waals surface area contributed by atoms with E-state index in [9.17, 15) is 4.79 Å². The van der Waals surface area contributed by atoms with Crippen molar-refractivity contribution in [2.45, 2.75) is 25.7 Å². The number of aryl methyl sites for hydroxylation is 2. The normalized spacial score (nSPS) is 19.8. The number of hydrogen-bond acceptors (Lipinski definition) is 7. The molecule has 1 unspecified atom stereocenters. The first-order valence-electron chi connectivity index (χ1n) is 10.2. The zero-order chi connectivity index (χ0) is 23.5. The molecule has 1 atom stereocenters. The van der Waals surface area contributed by atoms with E-state index in [1.807, 2.05) is 6.92 Å². The first-order chi connectivity index (χ1) is 15.6. The maximum atomic E-state index is 15.1. The Labute approximate surface area is 202 Å². The maximum absolute atomic E-state index is 15.1. The highest BCUT2D eigenvalue weighted by atomic mass is 35.5. The van der Waals surface area contributed by atoms with E-state index in [2.05, 4.69) is 20.5 Å². The minimum Gasteiger partial charge on any atom is -0.419 e. The van der Waals surface area contributed by atoms with E-state index in [0.29, 0.717) is 36.8 Å². The molecular formula is C21H19Cl2F2N5O2S. The predicted molar refractivity (Wildman–Crippen MR) is 119 cm³/mol. The summed E-state index contributed by atoms with van der Waals surface area (Å²) in [5.41, 5.74) is -0.0501. The van der Waals surface area contributed by atoms with Gasteiger partial charge in [0.1, 0.15) is 4.88 Å². The standard InChI is InChI=1S/C21H19Cl2F2N5O2S/c1-10-16(33-11(2)27-10)18(31)30-6-13(20(9-30)7-26-8-20)17-28-29-19(32-17)21(24,25)12-3-4-14(22)15(23)5-12/h3-5,13,26H,6-9H2,1-2H3. The molecule has 2 fully saturated rings. The molecule has 1 aromatic carbocycles. The third kappa shape index (κ3) is 3.73. The van der Waals surface area contributed by atoms with Gasteiger partial charge < -0.3 is 14.6 Å². The Morgan fingerprint density at radius 2 is 2.03 bits per heavy atom. The molecule has 1 spiro atoms. The maximum Gasteiger partial charge on any atom is 0.349 e. The number of nitrogens with zero attached hydrogens (tertiary/aromatic N) is 4. The van der Waals surface area contributed by atoms with Crippen LogP contribution >= 0.6 is 34.5 Å². The number of alkyl halides is 2. The van der Waals surface area contributed by atoms with Crippen LogP contribution in [0.3, 0.4) is 0 Å². The lowest BCUT2D eigenvalue weighted by Crippen LogP contribution is -2.57. The Hall–Kier alpha value is -2.14. The van der Waals surface area contributed by atoms with E-state index in [-0.39, 0.29) is 33.2 Å². The van der Waals surface area contributed by atoms with Crippen molar-refractivity contribution >= 4 is 40.4 Å². The second-order valence-electron chi connectivity index (χ2n) is 8.50. The van der Waals surface area contributed by atoms with Gasteiger partial charge in [0, 0.05) is 37.2 Å². The van der Waals surface area contributed by atoms with Gasteiger partial charge in [0.25, 0.3) is 11.8 Å². The largest absolute Gasteiger partial charge is 0.419 e. The van der Waals surface area contributed by atoms with Gasteiger partial charge in [-0.2, -0.15) is 8.78 Å². The number of likely N-dealkylation sites (tertiary alicyclic amines) is 1. The Morgan fingerprint density at radius 3 is 2.64 bits per heavy atom. The van der Waals surface area contributed by atoms with Crippen LogP contribution in [0.25, 0.3) is 0 Å². The zero-order valence-electron chi connectivity index (χ0n) is 17.7. The van der Waals surface area contributed by atoms with Crippen molar-refractivity contribution in [2.75, 3.05) is 26.2 Å². The highest BCUT2D eigenvalue weighted by molar-refractivity contribution is 7.13. The van der Waals surface area contributed by atoms with Crippen LogP contribution in [0.5, 0.6) is 0 Å². The lowest BCUT2D eigenvalue weighted by Gasteiger charge is -2.42. The van der Waals surface area contributed by atoms with Crippen LogP contribution in [-0.4, -0.2) is 52.2 Å². The van der Waals surface area contributed by atoms with Gasteiger partial charge in [-0.1, -0.05) is 29.3 Å². The van der Waals surface area contributed by atoms with Crippen LogP contribution in [0.4, 0.5) is 8.78 Å². The number of aromatic nitrogens is 3. The lowest BCUT2D eigenvalue weighted by molar-refractivity contribution is 0.0106. The molecule has 12 heteroatoms. The summed E-state index contributed by atoms with van der Waals surface area (Å²) in [7, 11) is 0. The number of thiazole rings is 1. The molecule has 4 heterocycles. The molecule has 174 valence electrons. The number of hydrogen-bond donors (Lipinski definition) is 1. The third-order valence-electron chi connectivity index (χ3n) is 6.28. The SMILES string of the molecule is Cc1nc(C)c(C(=O)N2CC(c3nnc(C(F)(F)c4ccc(Cl)c(Cl)c4)o3)C3(CNC3)C2)s1. The van der Waals surface area contributed by atoms with Crippen LogP contribution in [-0.2, 0) is 5.92 Å². The molecule has 7 nitrogen and oxygen atoms in total. The fraction of sp³-hybridized carbons (Fsp3) is 0.429. The van der Waals surface area contributed by atoms with Gasteiger partial charge in [-0.15, -0.1) is 21.5 Å². The van der Waals surface area contributed by atoms with Crippen LogP contribution in [0.1, 0.15) is 43.6 Å². The molecule has 1 N–H and O–H groups in total. The van der Waals surface area contributed by atoms with Gasteiger partial charge >= 0.3 is 5.92 Å². The fourth-order valence-corrected chi connectivity index (χ4v) is 5.64. The number of nitrogens with one attached hydrogen (secondary N) is 1. The van der Waals surface area contributed by atoms with Crippen molar-refractivity contribution in [3.05, 3.63) is 61.2 Å². The van der Waals surface area contributed by atoms with Gasteiger partial charge in [-0.25, -0.2) is 4.98 Å². The smallest absolute Gasteiger partial charge is 0.349 e. The molecule has 2 saturated heterocycles. The summed E-state index contributed by atoms with van der Waals surface area (Å²) in [6, 6.07) is 3.55. The van der Waals surface area contributed by atoms with E-state index < -0.39 is 17.4 Å². The van der Waals surface area contributed by atoms with Crippen LogP contribution < -0.4 is 5.32 Å². The summed E-state index contributed by atoms with van der Waals surface area (Å²) in [5.74, 6) is -4.75. The Kier molecular flexibility index (Phi) is 5.47. The molecule has 5 rings (SSSR count). The molecule has 2 aliphatic heterocycles. The molecule has 2 aliphatic rings. The van der Waals surface area contributed by atoms with Crippen molar-refractivity contribution in [2.24, 2.45) is 5.41 Å². The average Bonchev–Trinajstić information content (AvgIpc) is 3.45. The van der Waals surface area contributed by atoms with E-state index in [1.54, 1.807) is 11.8 Å².